The zero-order valence-corrected chi connectivity index (χ0v) is 11.9. The number of nitrogen functional groups attached to an aromatic ring is 1. The highest BCUT2D eigenvalue weighted by Gasteiger charge is 2.32. The Morgan fingerprint density at radius 3 is 2.62 bits per heavy atom. The van der Waals surface area contributed by atoms with Crippen LogP contribution in [0.5, 0.6) is 0 Å². The minimum absolute atomic E-state index is 0.126. The lowest BCUT2D eigenvalue weighted by Gasteiger charge is -2.22. The van der Waals surface area contributed by atoms with Gasteiger partial charge in [-0.05, 0) is 36.6 Å². The number of carbonyl (C=O) groups is 1. The molecule has 4 heteroatoms. The van der Waals surface area contributed by atoms with Gasteiger partial charge in [0, 0.05) is 17.9 Å². The van der Waals surface area contributed by atoms with E-state index in [0.29, 0.717) is 24.7 Å². The number of nitrogens with zero attached hydrogens (tertiary/aromatic N) is 2. The van der Waals surface area contributed by atoms with Crippen molar-refractivity contribution in [3.63, 3.8) is 0 Å². The molecule has 0 radical (unpaired) electrons. The Balaban J connectivity index is 1.72. The zero-order chi connectivity index (χ0) is 14.7. The fourth-order valence-electron chi connectivity index (χ4n) is 2.43. The first-order valence-corrected chi connectivity index (χ1v) is 7.27. The number of hydrogen-bond donors (Lipinski definition) is 1. The molecule has 0 atom stereocenters. The van der Waals surface area contributed by atoms with Crippen LogP contribution in [0.25, 0.3) is 0 Å². The van der Waals surface area contributed by atoms with E-state index in [1.807, 2.05) is 47.4 Å². The third-order valence-corrected chi connectivity index (χ3v) is 3.76. The van der Waals surface area contributed by atoms with Gasteiger partial charge in [0.15, 0.2) is 0 Å². The first-order valence-electron chi connectivity index (χ1n) is 7.27. The maximum Gasteiger partial charge on any atom is 0.227 e. The van der Waals surface area contributed by atoms with Crippen molar-refractivity contribution in [3.05, 3.63) is 59.9 Å². The summed E-state index contributed by atoms with van der Waals surface area (Å²) < 4.78 is 0. The molecule has 0 spiro atoms. The molecule has 1 heterocycles. The molecule has 0 bridgehead atoms. The average molecular weight is 281 g/mol. The van der Waals surface area contributed by atoms with Gasteiger partial charge in [0.2, 0.25) is 5.91 Å². The number of hydrogen-bond acceptors (Lipinski definition) is 3. The summed E-state index contributed by atoms with van der Waals surface area (Å²) in [7, 11) is 0. The standard InChI is InChI=1S/C17H19N3O/c18-16-7-2-1-5-13(16)11-17(21)20(15-8-9-15)12-14-6-3-4-10-19-14/h1-7,10,15H,8-9,11-12,18H2. The van der Waals surface area contributed by atoms with Crippen molar-refractivity contribution in [1.29, 1.82) is 0 Å². The van der Waals surface area contributed by atoms with Gasteiger partial charge in [-0.25, -0.2) is 0 Å². The summed E-state index contributed by atoms with van der Waals surface area (Å²) in [6.07, 6.45) is 4.29. The Hall–Kier alpha value is -2.36. The van der Waals surface area contributed by atoms with Crippen LogP contribution in [0.3, 0.4) is 0 Å². The minimum atomic E-state index is 0.126. The first-order chi connectivity index (χ1) is 10.2. The molecule has 1 aromatic carbocycles. The van der Waals surface area contributed by atoms with E-state index in [1.54, 1.807) is 6.20 Å². The van der Waals surface area contributed by atoms with E-state index in [0.717, 1.165) is 24.1 Å². The number of amides is 1. The third-order valence-electron chi connectivity index (χ3n) is 3.76. The Morgan fingerprint density at radius 1 is 1.19 bits per heavy atom. The Labute approximate surface area is 124 Å². The Kier molecular flexibility index (Phi) is 3.86. The molecule has 2 N–H and O–H groups in total. The van der Waals surface area contributed by atoms with Gasteiger partial charge in [0.05, 0.1) is 18.7 Å². The molecule has 3 rings (SSSR count). The van der Waals surface area contributed by atoms with Gasteiger partial charge in [-0.15, -0.1) is 0 Å². The van der Waals surface area contributed by atoms with E-state index in [1.165, 1.54) is 0 Å². The lowest BCUT2D eigenvalue weighted by molar-refractivity contribution is -0.131. The van der Waals surface area contributed by atoms with Gasteiger partial charge in [0.25, 0.3) is 0 Å². The maximum atomic E-state index is 12.6. The molecule has 1 saturated carbocycles. The fraction of sp³-hybridized carbons (Fsp3) is 0.294. The molecule has 108 valence electrons. The molecule has 1 aliphatic carbocycles. The smallest absolute Gasteiger partial charge is 0.227 e. The number of carbonyl (C=O) groups excluding carboxylic acids is 1. The van der Waals surface area contributed by atoms with E-state index in [-0.39, 0.29) is 5.91 Å². The largest absolute Gasteiger partial charge is 0.398 e. The molecule has 1 aromatic heterocycles. The summed E-state index contributed by atoms with van der Waals surface area (Å²) in [5.41, 5.74) is 8.44. The van der Waals surface area contributed by atoms with Crippen molar-refractivity contribution in [1.82, 2.24) is 9.88 Å². The second-order valence-electron chi connectivity index (χ2n) is 5.45. The quantitative estimate of drug-likeness (QED) is 0.856. The molecule has 4 nitrogen and oxygen atoms in total. The maximum absolute atomic E-state index is 12.6. The van der Waals surface area contributed by atoms with E-state index in [9.17, 15) is 4.79 Å². The topological polar surface area (TPSA) is 59.2 Å². The summed E-state index contributed by atoms with van der Waals surface area (Å²) >= 11 is 0. The molecule has 21 heavy (non-hydrogen) atoms. The van der Waals surface area contributed by atoms with Crippen LogP contribution in [0.2, 0.25) is 0 Å². The predicted molar refractivity (Wildman–Crippen MR) is 82.4 cm³/mol. The highest BCUT2D eigenvalue weighted by molar-refractivity contribution is 5.81. The molecule has 1 amide bonds. The Bertz CT molecular complexity index is 623. The van der Waals surface area contributed by atoms with E-state index in [2.05, 4.69) is 4.98 Å². The van der Waals surface area contributed by atoms with Gasteiger partial charge >= 0.3 is 0 Å². The van der Waals surface area contributed by atoms with E-state index in [4.69, 9.17) is 5.73 Å². The SMILES string of the molecule is Nc1ccccc1CC(=O)N(Cc1ccccn1)C1CC1. The molecule has 0 saturated heterocycles. The summed E-state index contributed by atoms with van der Waals surface area (Å²) in [5, 5.41) is 0. The number of pyridine rings is 1. The normalized spacial score (nSPS) is 13.9. The number of para-hydroxylation sites is 1. The van der Waals surface area contributed by atoms with Crippen molar-refractivity contribution in [2.45, 2.75) is 31.8 Å². The van der Waals surface area contributed by atoms with Crippen LogP contribution in [0.15, 0.2) is 48.7 Å². The van der Waals surface area contributed by atoms with Gasteiger partial charge < -0.3 is 10.6 Å². The molecule has 1 fully saturated rings. The van der Waals surface area contributed by atoms with Gasteiger partial charge in [-0.3, -0.25) is 9.78 Å². The Morgan fingerprint density at radius 2 is 1.95 bits per heavy atom. The van der Waals surface area contributed by atoms with Crippen LogP contribution >= 0.6 is 0 Å². The highest BCUT2D eigenvalue weighted by atomic mass is 16.2. The van der Waals surface area contributed by atoms with E-state index < -0.39 is 0 Å². The molecule has 1 aliphatic rings. The zero-order valence-electron chi connectivity index (χ0n) is 11.9. The molecular formula is C17H19N3O. The van der Waals surface area contributed by atoms with Crippen LogP contribution in [0.4, 0.5) is 5.69 Å². The summed E-state index contributed by atoms with van der Waals surface area (Å²) in [6.45, 7) is 0.580. The summed E-state index contributed by atoms with van der Waals surface area (Å²) in [4.78, 5) is 18.8. The van der Waals surface area contributed by atoms with Gasteiger partial charge in [-0.2, -0.15) is 0 Å². The summed E-state index contributed by atoms with van der Waals surface area (Å²) in [5.74, 6) is 0.126. The van der Waals surface area contributed by atoms with Crippen molar-refractivity contribution in [3.8, 4) is 0 Å². The molecule has 2 aromatic rings. The minimum Gasteiger partial charge on any atom is -0.398 e. The van der Waals surface area contributed by atoms with Crippen LogP contribution in [0.1, 0.15) is 24.1 Å². The predicted octanol–water partition coefficient (Wildman–Crippen LogP) is 2.40. The van der Waals surface area contributed by atoms with Crippen LogP contribution < -0.4 is 5.73 Å². The number of anilines is 1. The number of nitrogens with two attached hydrogens (primary N) is 1. The van der Waals surface area contributed by atoms with Crippen LogP contribution in [-0.4, -0.2) is 21.8 Å². The average Bonchev–Trinajstić information content (AvgIpc) is 3.33. The van der Waals surface area contributed by atoms with Gasteiger partial charge in [-0.1, -0.05) is 24.3 Å². The number of aromatic nitrogens is 1. The van der Waals surface area contributed by atoms with Crippen LogP contribution in [0, 0.1) is 0 Å². The van der Waals surface area contributed by atoms with Crippen LogP contribution in [-0.2, 0) is 17.8 Å². The van der Waals surface area contributed by atoms with Gasteiger partial charge in [0.1, 0.15) is 0 Å². The molecule has 0 aliphatic heterocycles. The highest BCUT2D eigenvalue weighted by Crippen LogP contribution is 2.29. The first kappa shape index (κ1) is 13.6. The number of rotatable bonds is 5. The monoisotopic (exact) mass is 281 g/mol. The molecule has 0 unspecified atom stereocenters. The second kappa shape index (κ2) is 5.95. The lowest BCUT2D eigenvalue weighted by Crippen LogP contribution is -2.34. The van der Waals surface area contributed by atoms with E-state index >= 15 is 0 Å². The second-order valence-corrected chi connectivity index (χ2v) is 5.45. The fourth-order valence-corrected chi connectivity index (χ4v) is 2.43. The lowest BCUT2D eigenvalue weighted by atomic mass is 10.1. The van der Waals surface area contributed by atoms with Crippen molar-refractivity contribution in [2.24, 2.45) is 0 Å². The van der Waals surface area contributed by atoms with Crippen molar-refractivity contribution >= 4 is 11.6 Å². The third kappa shape index (κ3) is 3.40. The molecular weight excluding hydrogens is 262 g/mol. The number of benzene rings is 1. The van der Waals surface area contributed by atoms with Crippen molar-refractivity contribution < 1.29 is 4.79 Å². The van der Waals surface area contributed by atoms with Crippen molar-refractivity contribution in [2.75, 3.05) is 5.73 Å². The summed E-state index contributed by atoms with van der Waals surface area (Å²) in [6, 6.07) is 13.7.